The molecule has 2 fully saturated rings. The highest BCUT2D eigenvalue weighted by Gasteiger charge is 2.46. The second kappa shape index (κ2) is 2.19. The van der Waals surface area contributed by atoms with Gasteiger partial charge in [-0.1, -0.05) is 0 Å². The largest absolute Gasteiger partial charge is 0.349 e. The van der Waals surface area contributed by atoms with Crippen LogP contribution >= 0.6 is 0 Å². The van der Waals surface area contributed by atoms with Crippen LogP contribution in [0.2, 0.25) is 0 Å². The maximum Gasteiger partial charge on any atom is 0.184 e. The first-order chi connectivity index (χ1) is 4.85. The summed E-state index contributed by atoms with van der Waals surface area (Å²) >= 11 is 0. The van der Waals surface area contributed by atoms with Crippen LogP contribution in [0.5, 0.6) is 0 Å². The maximum atomic E-state index is 10.3. The highest BCUT2D eigenvalue weighted by atomic mass is 16.7. The SMILES string of the molecule is [O]CC1OCC2(CC2)CO1. The van der Waals surface area contributed by atoms with Crippen LogP contribution in [0, 0.1) is 5.41 Å². The predicted molar refractivity (Wildman–Crippen MR) is 32.9 cm³/mol. The summed E-state index contributed by atoms with van der Waals surface area (Å²) in [6, 6.07) is 0. The summed E-state index contributed by atoms with van der Waals surface area (Å²) in [5.74, 6) is 0. The van der Waals surface area contributed by atoms with Gasteiger partial charge in [0.1, 0.15) is 6.61 Å². The summed E-state index contributed by atoms with van der Waals surface area (Å²) in [5.41, 5.74) is 0.325. The molecule has 1 spiro atoms. The average Bonchev–Trinajstić information content (AvgIpc) is 2.72. The zero-order chi connectivity index (χ0) is 7.03. The number of rotatable bonds is 1. The molecule has 0 unspecified atom stereocenters. The van der Waals surface area contributed by atoms with Gasteiger partial charge in [-0.2, -0.15) is 0 Å². The minimum atomic E-state index is -0.466. The second-order valence-electron chi connectivity index (χ2n) is 3.22. The zero-order valence-corrected chi connectivity index (χ0v) is 5.84. The summed E-state index contributed by atoms with van der Waals surface area (Å²) < 4.78 is 10.3. The fraction of sp³-hybridized carbons (Fsp3) is 1.00. The van der Waals surface area contributed by atoms with Crippen molar-refractivity contribution in [1.82, 2.24) is 0 Å². The number of hydrogen-bond acceptors (Lipinski definition) is 2. The van der Waals surface area contributed by atoms with E-state index in [1.165, 1.54) is 12.8 Å². The van der Waals surface area contributed by atoms with Gasteiger partial charge in [0.2, 0.25) is 0 Å². The summed E-state index contributed by atoms with van der Waals surface area (Å²) in [7, 11) is 0. The van der Waals surface area contributed by atoms with Crippen molar-refractivity contribution in [3.8, 4) is 0 Å². The molecule has 0 amide bonds. The van der Waals surface area contributed by atoms with Crippen molar-refractivity contribution in [2.75, 3.05) is 19.8 Å². The van der Waals surface area contributed by atoms with E-state index in [4.69, 9.17) is 9.47 Å². The van der Waals surface area contributed by atoms with Gasteiger partial charge >= 0.3 is 0 Å². The Morgan fingerprint density at radius 1 is 1.30 bits per heavy atom. The van der Waals surface area contributed by atoms with Crippen molar-refractivity contribution in [3.05, 3.63) is 0 Å². The molecule has 1 aliphatic heterocycles. The maximum absolute atomic E-state index is 10.3. The third-order valence-electron chi connectivity index (χ3n) is 2.24. The van der Waals surface area contributed by atoms with Gasteiger partial charge in [-0.25, -0.2) is 5.11 Å². The average molecular weight is 143 g/mol. The van der Waals surface area contributed by atoms with E-state index in [-0.39, 0.29) is 6.61 Å². The summed E-state index contributed by atoms with van der Waals surface area (Å²) in [6.45, 7) is 1.20. The molecule has 3 heteroatoms. The van der Waals surface area contributed by atoms with Crippen molar-refractivity contribution in [2.24, 2.45) is 5.41 Å². The van der Waals surface area contributed by atoms with Crippen LogP contribution in [-0.4, -0.2) is 26.1 Å². The lowest BCUT2D eigenvalue weighted by Gasteiger charge is -2.27. The molecule has 57 valence electrons. The van der Waals surface area contributed by atoms with Gasteiger partial charge < -0.3 is 9.47 Å². The van der Waals surface area contributed by atoms with Gasteiger partial charge in [0.25, 0.3) is 0 Å². The lowest BCUT2D eigenvalue weighted by atomic mass is 10.1. The van der Waals surface area contributed by atoms with Crippen LogP contribution in [0.25, 0.3) is 0 Å². The Balaban J connectivity index is 1.84. The molecule has 0 atom stereocenters. The summed E-state index contributed by atoms with van der Waals surface area (Å²) in [5, 5.41) is 10.3. The van der Waals surface area contributed by atoms with Crippen molar-refractivity contribution >= 4 is 0 Å². The Hall–Kier alpha value is -0.120. The highest BCUT2D eigenvalue weighted by Crippen LogP contribution is 2.48. The van der Waals surface area contributed by atoms with Gasteiger partial charge in [0, 0.05) is 5.41 Å². The molecule has 1 saturated heterocycles. The van der Waals surface area contributed by atoms with Crippen molar-refractivity contribution in [3.63, 3.8) is 0 Å². The molecule has 0 aromatic heterocycles. The van der Waals surface area contributed by atoms with Crippen molar-refractivity contribution < 1.29 is 14.6 Å². The Morgan fingerprint density at radius 2 is 1.90 bits per heavy atom. The third-order valence-corrected chi connectivity index (χ3v) is 2.24. The Kier molecular flexibility index (Phi) is 1.44. The Morgan fingerprint density at radius 3 is 2.30 bits per heavy atom. The predicted octanol–water partition coefficient (Wildman–Crippen LogP) is 0.570. The first kappa shape index (κ1) is 6.58. The van der Waals surface area contributed by atoms with E-state index in [1.54, 1.807) is 0 Å². The Labute approximate surface area is 59.9 Å². The van der Waals surface area contributed by atoms with E-state index >= 15 is 0 Å². The smallest absolute Gasteiger partial charge is 0.184 e. The molecule has 0 aromatic carbocycles. The normalized spacial score (nSPS) is 30.9. The van der Waals surface area contributed by atoms with Crippen LogP contribution < -0.4 is 0 Å². The molecule has 10 heavy (non-hydrogen) atoms. The van der Waals surface area contributed by atoms with Crippen molar-refractivity contribution in [2.45, 2.75) is 19.1 Å². The van der Waals surface area contributed by atoms with Gasteiger partial charge in [0.05, 0.1) is 13.2 Å². The molecule has 1 saturated carbocycles. The van der Waals surface area contributed by atoms with Gasteiger partial charge in [-0.3, -0.25) is 0 Å². The minimum Gasteiger partial charge on any atom is -0.349 e. The molecule has 1 radical (unpaired) electrons. The zero-order valence-electron chi connectivity index (χ0n) is 5.84. The first-order valence-corrected chi connectivity index (χ1v) is 3.66. The monoisotopic (exact) mass is 143 g/mol. The second-order valence-corrected chi connectivity index (χ2v) is 3.22. The van der Waals surface area contributed by atoms with E-state index in [0.717, 1.165) is 13.2 Å². The molecule has 0 aromatic rings. The van der Waals surface area contributed by atoms with E-state index in [0.29, 0.717) is 5.41 Å². The fourth-order valence-electron chi connectivity index (χ4n) is 1.19. The number of hydrogen-bond donors (Lipinski definition) is 0. The molecular formula is C7H11O3. The lowest BCUT2D eigenvalue weighted by molar-refractivity contribution is -0.227. The van der Waals surface area contributed by atoms with E-state index in [9.17, 15) is 5.11 Å². The quantitative estimate of drug-likeness (QED) is 0.538. The van der Waals surface area contributed by atoms with Gasteiger partial charge in [-0.15, -0.1) is 0 Å². The van der Waals surface area contributed by atoms with E-state index < -0.39 is 6.29 Å². The van der Waals surface area contributed by atoms with Crippen molar-refractivity contribution in [1.29, 1.82) is 0 Å². The fourth-order valence-corrected chi connectivity index (χ4v) is 1.19. The molecule has 1 aliphatic carbocycles. The van der Waals surface area contributed by atoms with Crippen LogP contribution in [-0.2, 0) is 14.6 Å². The molecule has 0 bridgehead atoms. The van der Waals surface area contributed by atoms with Gasteiger partial charge in [0.15, 0.2) is 6.29 Å². The minimum absolute atomic E-state index is 0.268. The lowest BCUT2D eigenvalue weighted by Crippen LogP contribution is -2.34. The Bertz CT molecular complexity index is 121. The standard InChI is InChI=1S/C7H11O3/c8-3-6-9-4-7(1-2-7)5-10-6/h6H,1-5H2. The number of ether oxygens (including phenoxy) is 2. The molecule has 0 N–H and O–H groups in total. The first-order valence-electron chi connectivity index (χ1n) is 3.66. The van der Waals surface area contributed by atoms with E-state index in [1.807, 2.05) is 0 Å². The van der Waals surface area contributed by atoms with Gasteiger partial charge in [-0.05, 0) is 12.8 Å². The summed E-state index contributed by atoms with van der Waals surface area (Å²) in [4.78, 5) is 0. The molecule has 3 nitrogen and oxygen atoms in total. The molecular weight excluding hydrogens is 132 g/mol. The summed E-state index contributed by atoms with van der Waals surface area (Å²) in [6.07, 6.45) is 1.95. The van der Waals surface area contributed by atoms with Crippen LogP contribution in [0.3, 0.4) is 0 Å². The van der Waals surface area contributed by atoms with Crippen LogP contribution in [0.15, 0.2) is 0 Å². The van der Waals surface area contributed by atoms with Crippen LogP contribution in [0.1, 0.15) is 12.8 Å². The topological polar surface area (TPSA) is 38.4 Å². The third kappa shape index (κ3) is 1.05. The molecule has 2 rings (SSSR count). The highest BCUT2D eigenvalue weighted by molar-refractivity contribution is 4.94. The molecule has 1 heterocycles. The van der Waals surface area contributed by atoms with Crippen LogP contribution in [0.4, 0.5) is 0 Å². The van der Waals surface area contributed by atoms with E-state index in [2.05, 4.69) is 0 Å². The molecule has 2 aliphatic rings.